The number of nitrogens with one attached hydrogen (secondary N) is 1. The Morgan fingerprint density at radius 2 is 2.23 bits per heavy atom. The molecule has 2 aliphatic heterocycles. The minimum Gasteiger partial charge on any atom is -0.376 e. The van der Waals surface area contributed by atoms with Crippen molar-refractivity contribution in [3.05, 3.63) is 17.5 Å². The van der Waals surface area contributed by atoms with Crippen LogP contribution in [-0.4, -0.2) is 65.0 Å². The van der Waals surface area contributed by atoms with Gasteiger partial charge in [0.1, 0.15) is 0 Å². The number of carbonyl (C=O) groups excluding carboxylic acids is 1. The SMILES string of the molecule is CN(C)C(=O)NCc1cc2n(n1)CCCN(CC1CCOC(C)(C)C1)C2. The molecule has 1 saturated heterocycles. The zero-order valence-corrected chi connectivity index (χ0v) is 16.6. The molecule has 146 valence electrons. The van der Waals surface area contributed by atoms with Crippen molar-refractivity contribution in [1.29, 1.82) is 0 Å². The summed E-state index contributed by atoms with van der Waals surface area (Å²) < 4.78 is 7.98. The van der Waals surface area contributed by atoms with Crippen LogP contribution in [0.3, 0.4) is 0 Å². The van der Waals surface area contributed by atoms with E-state index in [0.717, 1.165) is 57.7 Å². The number of ether oxygens (including phenoxy) is 1. The van der Waals surface area contributed by atoms with Crippen molar-refractivity contribution in [2.24, 2.45) is 5.92 Å². The lowest BCUT2D eigenvalue weighted by Crippen LogP contribution is -2.39. The van der Waals surface area contributed by atoms with Crippen LogP contribution >= 0.6 is 0 Å². The summed E-state index contributed by atoms with van der Waals surface area (Å²) in [4.78, 5) is 15.8. The third-order valence-corrected chi connectivity index (χ3v) is 5.29. The smallest absolute Gasteiger partial charge is 0.317 e. The Morgan fingerprint density at radius 1 is 1.42 bits per heavy atom. The lowest BCUT2D eigenvalue weighted by Gasteiger charge is -2.37. The van der Waals surface area contributed by atoms with Crippen LogP contribution in [-0.2, 0) is 24.4 Å². The van der Waals surface area contributed by atoms with Gasteiger partial charge in [-0.25, -0.2) is 4.79 Å². The fourth-order valence-corrected chi connectivity index (χ4v) is 4.03. The van der Waals surface area contributed by atoms with Crippen molar-refractivity contribution in [2.45, 2.75) is 58.3 Å². The summed E-state index contributed by atoms with van der Waals surface area (Å²) >= 11 is 0. The van der Waals surface area contributed by atoms with E-state index in [-0.39, 0.29) is 11.6 Å². The number of hydrogen-bond donors (Lipinski definition) is 1. The Kier molecular flexibility index (Phi) is 5.87. The molecule has 0 saturated carbocycles. The molecule has 1 fully saturated rings. The fourth-order valence-electron chi connectivity index (χ4n) is 4.03. The summed E-state index contributed by atoms with van der Waals surface area (Å²) in [6, 6.07) is 2.05. The number of rotatable bonds is 4. The van der Waals surface area contributed by atoms with Gasteiger partial charge in [0.15, 0.2) is 0 Å². The number of urea groups is 1. The summed E-state index contributed by atoms with van der Waals surface area (Å²) in [5.74, 6) is 0.701. The molecule has 1 N–H and O–H groups in total. The van der Waals surface area contributed by atoms with E-state index in [1.54, 1.807) is 14.1 Å². The van der Waals surface area contributed by atoms with Gasteiger partial charge in [0.2, 0.25) is 0 Å². The normalized spacial score (nSPS) is 23.2. The fraction of sp³-hybridized carbons (Fsp3) is 0.789. The topological polar surface area (TPSA) is 62.6 Å². The van der Waals surface area contributed by atoms with E-state index in [1.165, 1.54) is 10.6 Å². The number of nitrogens with zero attached hydrogens (tertiary/aromatic N) is 4. The number of aryl methyl sites for hydroxylation is 1. The predicted octanol–water partition coefficient (Wildman–Crippen LogP) is 2.07. The predicted molar refractivity (Wildman–Crippen MR) is 101 cm³/mol. The van der Waals surface area contributed by atoms with Gasteiger partial charge in [0.05, 0.1) is 23.5 Å². The first-order valence-electron chi connectivity index (χ1n) is 9.69. The summed E-state index contributed by atoms with van der Waals surface area (Å²) in [7, 11) is 3.49. The minimum absolute atomic E-state index is 0.00829. The van der Waals surface area contributed by atoms with Gasteiger partial charge in [-0.1, -0.05) is 0 Å². The first kappa shape index (κ1) is 19.2. The molecule has 0 aliphatic carbocycles. The third-order valence-electron chi connectivity index (χ3n) is 5.29. The standard InChI is InChI=1S/C19H33N5O2/c1-19(2)11-15(6-9-26-19)13-23-7-5-8-24-17(14-23)10-16(21-24)12-20-18(25)22(3)4/h10,15H,5-9,11-14H2,1-4H3,(H,20,25). The molecule has 2 aliphatic rings. The van der Waals surface area contributed by atoms with Crippen LogP contribution in [0.1, 0.15) is 44.5 Å². The number of fused-ring (bicyclic) bond motifs is 1. The quantitative estimate of drug-likeness (QED) is 0.889. The van der Waals surface area contributed by atoms with Crippen LogP contribution < -0.4 is 5.32 Å². The first-order chi connectivity index (χ1) is 12.3. The highest BCUT2D eigenvalue weighted by molar-refractivity contribution is 5.73. The molecule has 3 rings (SSSR count). The van der Waals surface area contributed by atoms with E-state index >= 15 is 0 Å². The molecule has 0 bridgehead atoms. The van der Waals surface area contributed by atoms with E-state index in [1.807, 2.05) is 0 Å². The van der Waals surface area contributed by atoms with Gasteiger partial charge in [0, 0.05) is 46.9 Å². The van der Waals surface area contributed by atoms with Crippen LogP contribution in [0.15, 0.2) is 6.07 Å². The number of hydrogen-bond acceptors (Lipinski definition) is 4. The second-order valence-electron chi connectivity index (χ2n) is 8.46. The molecule has 26 heavy (non-hydrogen) atoms. The second-order valence-corrected chi connectivity index (χ2v) is 8.46. The first-order valence-corrected chi connectivity index (χ1v) is 9.69. The highest BCUT2D eigenvalue weighted by atomic mass is 16.5. The summed E-state index contributed by atoms with van der Waals surface area (Å²) in [6.07, 6.45) is 3.40. The largest absolute Gasteiger partial charge is 0.376 e. The monoisotopic (exact) mass is 363 g/mol. The van der Waals surface area contributed by atoms with Crippen molar-refractivity contribution in [2.75, 3.05) is 33.8 Å². The maximum atomic E-state index is 11.7. The Bertz CT molecular complexity index is 625. The average Bonchev–Trinajstić information content (AvgIpc) is 2.84. The molecule has 7 heteroatoms. The molecule has 0 spiro atoms. The molecule has 1 aromatic rings. The third kappa shape index (κ3) is 4.98. The molecule has 1 unspecified atom stereocenters. The van der Waals surface area contributed by atoms with Crippen LogP contribution in [0.2, 0.25) is 0 Å². The highest BCUT2D eigenvalue weighted by Gasteiger charge is 2.30. The summed E-state index contributed by atoms with van der Waals surface area (Å²) in [5, 5.41) is 7.58. The van der Waals surface area contributed by atoms with Gasteiger partial charge in [0.25, 0.3) is 0 Å². The van der Waals surface area contributed by atoms with Gasteiger partial charge in [-0.05, 0) is 45.1 Å². The van der Waals surface area contributed by atoms with Crippen LogP contribution in [0.5, 0.6) is 0 Å². The zero-order chi connectivity index (χ0) is 18.7. The highest BCUT2D eigenvalue weighted by Crippen LogP contribution is 2.29. The molecular formula is C19H33N5O2. The van der Waals surface area contributed by atoms with Crippen LogP contribution in [0.25, 0.3) is 0 Å². The molecule has 1 atom stereocenters. The molecule has 1 aromatic heterocycles. The van der Waals surface area contributed by atoms with Gasteiger partial charge in [-0.2, -0.15) is 5.10 Å². The van der Waals surface area contributed by atoms with E-state index < -0.39 is 0 Å². The van der Waals surface area contributed by atoms with Crippen molar-refractivity contribution < 1.29 is 9.53 Å². The van der Waals surface area contributed by atoms with Crippen molar-refractivity contribution in [1.82, 2.24) is 24.9 Å². The van der Waals surface area contributed by atoms with Crippen LogP contribution in [0, 0.1) is 5.92 Å². The molecule has 2 amide bonds. The van der Waals surface area contributed by atoms with E-state index in [0.29, 0.717) is 12.5 Å². The number of carbonyl (C=O) groups is 1. The number of aromatic nitrogens is 2. The minimum atomic E-state index is -0.0862. The Morgan fingerprint density at radius 3 is 2.96 bits per heavy atom. The van der Waals surface area contributed by atoms with E-state index in [4.69, 9.17) is 4.74 Å². The molecular weight excluding hydrogens is 330 g/mol. The Labute approximate surface area is 156 Å². The second kappa shape index (κ2) is 7.96. The van der Waals surface area contributed by atoms with Gasteiger partial charge >= 0.3 is 6.03 Å². The van der Waals surface area contributed by atoms with Crippen LogP contribution in [0.4, 0.5) is 4.79 Å². The lowest BCUT2D eigenvalue weighted by atomic mass is 9.88. The van der Waals surface area contributed by atoms with Gasteiger partial charge in [-0.3, -0.25) is 9.58 Å². The maximum Gasteiger partial charge on any atom is 0.317 e. The van der Waals surface area contributed by atoms with E-state index in [2.05, 4.69) is 39.9 Å². The van der Waals surface area contributed by atoms with Crippen molar-refractivity contribution in [3.63, 3.8) is 0 Å². The van der Waals surface area contributed by atoms with Gasteiger partial charge < -0.3 is 15.0 Å². The van der Waals surface area contributed by atoms with Crippen molar-refractivity contribution >= 4 is 6.03 Å². The zero-order valence-electron chi connectivity index (χ0n) is 16.6. The summed E-state index contributed by atoms with van der Waals surface area (Å²) in [6.45, 7) is 9.89. The van der Waals surface area contributed by atoms with Gasteiger partial charge in [-0.15, -0.1) is 0 Å². The molecule has 0 radical (unpaired) electrons. The summed E-state index contributed by atoms with van der Waals surface area (Å²) in [5.41, 5.74) is 2.20. The average molecular weight is 364 g/mol. The lowest BCUT2D eigenvalue weighted by molar-refractivity contribution is -0.0770. The number of amides is 2. The molecule has 3 heterocycles. The molecule has 7 nitrogen and oxygen atoms in total. The molecule has 0 aromatic carbocycles. The van der Waals surface area contributed by atoms with E-state index in [9.17, 15) is 4.79 Å². The maximum absolute atomic E-state index is 11.7. The Hall–Kier alpha value is -1.60. The Balaban J connectivity index is 1.58. The van der Waals surface area contributed by atoms with Crippen molar-refractivity contribution in [3.8, 4) is 0 Å².